The Morgan fingerprint density at radius 2 is 1.92 bits per heavy atom. The van der Waals surface area contributed by atoms with E-state index >= 15 is 0 Å². The summed E-state index contributed by atoms with van der Waals surface area (Å²) in [5.74, 6) is -0.203. The van der Waals surface area contributed by atoms with E-state index < -0.39 is 0 Å². The summed E-state index contributed by atoms with van der Waals surface area (Å²) >= 11 is 0. The minimum atomic E-state index is -0.203. The lowest BCUT2D eigenvalue weighted by Gasteiger charge is -2.05. The highest BCUT2D eigenvalue weighted by atomic mass is 19.1. The van der Waals surface area contributed by atoms with Crippen molar-refractivity contribution in [2.45, 2.75) is 6.92 Å². The highest BCUT2D eigenvalue weighted by Gasteiger charge is 1.96. The van der Waals surface area contributed by atoms with Gasteiger partial charge in [-0.3, -0.25) is 0 Å². The second-order valence-electron chi connectivity index (χ2n) is 2.46. The van der Waals surface area contributed by atoms with E-state index in [2.05, 4.69) is 5.32 Å². The van der Waals surface area contributed by atoms with Crippen LogP contribution in [0.1, 0.15) is 12.5 Å². The maximum Gasteiger partial charge on any atom is 0.123 e. The molecule has 1 nitrogen and oxygen atoms in total. The number of halogens is 1. The molecule has 2 heteroatoms. The van der Waals surface area contributed by atoms with Crippen molar-refractivity contribution in [1.29, 1.82) is 0 Å². The second kappa shape index (κ2) is 3.90. The smallest absolute Gasteiger partial charge is 0.123 e. The number of hydrogen-bond acceptors (Lipinski definition) is 1. The first-order valence-electron chi connectivity index (χ1n) is 3.88. The summed E-state index contributed by atoms with van der Waals surface area (Å²) < 4.78 is 12.5. The van der Waals surface area contributed by atoms with Gasteiger partial charge >= 0.3 is 0 Å². The van der Waals surface area contributed by atoms with Crippen LogP contribution in [0.5, 0.6) is 0 Å². The molecule has 0 saturated carbocycles. The summed E-state index contributed by atoms with van der Waals surface area (Å²) in [6, 6.07) is 6.41. The number of hydrogen-bond donors (Lipinski definition) is 1. The van der Waals surface area contributed by atoms with Crippen LogP contribution >= 0.6 is 0 Å². The summed E-state index contributed by atoms with van der Waals surface area (Å²) in [5.41, 5.74) is 2.01. The first-order valence-corrected chi connectivity index (χ1v) is 3.88. The van der Waals surface area contributed by atoms with Gasteiger partial charge in [0.25, 0.3) is 0 Å². The van der Waals surface area contributed by atoms with Crippen molar-refractivity contribution >= 4 is 5.70 Å². The van der Waals surface area contributed by atoms with Crippen molar-refractivity contribution < 1.29 is 4.39 Å². The van der Waals surface area contributed by atoms with Gasteiger partial charge in [-0.2, -0.15) is 0 Å². The Balaban J connectivity index is 2.96. The topological polar surface area (TPSA) is 12.0 Å². The predicted molar refractivity (Wildman–Crippen MR) is 49.1 cm³/mol. The monoisotopic (exact) mass is 165 g/mol. The number of rotatable bonds is 2. The largest absolute Gasteiger partial charge is 0.388 e. The van der Waals surface area contributed by atoms with E-state index in [9.17, 15) is 4.39 Å². The lowest BCUT2D eigenvalue weighted by atomic mass is 10.1. The lowest BCUT2D eigenvalue weighted by molar-refractivity contribution is 0.627. The third-order valence-corrected chi connectivity index (χ3v) is 1.71. The van der Waals surface area contributed by atoms with E-state index in [0.717, 1.165) is 11.3 Å². The van der Waals surface area contributed by atoms with Crippen LogP contribution in [-0.2, 0) is 0 Å². The first kappa shape index (κ1) is 8.78. The Bertz CT molecular complexity index is 274. The van der Waals surface area contributed by atoms with Crippen LogP contribution in [0.2, 0.25) is 0 Å². The Hall–Kier alpha value is -1.31. The van der Waals surface area contributed by atoms with E-state index in [0.29, 0.717) is 0 Å². The zero-order chi connectivity index (χ0) is 8.97. The maximum absolute atomic E-state index is 12.5. The molecule has 0 spiro atoms. The fraction of sp³-hybridized carbons (Fsp3) is 0.200. The molecule has 0 heterocycles. The zero-order valence-electron chi connectivity index (χ0n) is 7.26. The molecule has 0 atom stereocenters. The number of allylic oxidation sites excluding steroid dienone is 1. The van der Waals surface area contributed by atoms with Gasteiger partial charge in [-0.1, -0.05) is 18.2 Å². The molecular weight excluding hydrogens is 153 g/mol. The van der Waals surface area contributed by atoms with Gasteiger partial charge in [-0.25, -0.2) is 4.39 Å². The van der Waals surface area contributed by atoms with Gasteiger partial charge in [0.15, 0.2) is 0 Å². The molecule has 0 unspecified atom stereocenters. The summed E-state index contributed by atoms with van der Waals surface area (Å²) in [4.78, 5) is 0. The summed E-state index contributed by atoms with van der Waals surface area (Å²) in [5, 5.41) is 3.03. The predicted octanol–water partition coefficient (Wildman–Crippen LogP) is 2.41. The van der Waals surface area contributed by atoms with Crippen LogP contribution in [0.3, 0.4) is 0 Å². The molecule has 12 heavy (non-hydrogen) atoms. The van der Waals surface area contributed by atoms with Crippen molar-refractivity contribution in [3.63, 3.8) is 0 Å². The molecule has 0 aliphatic carbocycles. The van der Waals surface area contributed by atoms with Crippen molar-refractivity contribution in [2.24, 2.45) is 0 Å². The number of nitrogens with one attached hydrogen (secondary N) is 1. The van der Waals surface area contributed by atoms with Crippen LogP contribution in [-0.4, -0.2) is 7.05 Å². The molecule has 0 saturated heterocycles. The van der Waals surface area contributed by atoms with Crippen LogP contribution in [0.15, 0.2) is 30.3 Å². The fourth-order valence-corrected chi connectivity index (χ4v) is 1.08. The normalized spacial score (nSPS) is 11.4. The molecule has 0 aliphatic heterocycles. The highest BCUT2D eigenvalue weighted by Crippen LogP contribution is 2.10. The molecule has 1 aromatic carbocycles. The molecular formula is C10H12FN. The molecule has 0 bridgehead atoms. The average molecular weight is 165 g/mol. The minimum absolute atomic E-state index is 0.203. The van der Waals surface area contributed by atoms with E-state index in [1.165, 1.54) is 12.1 Å². The average Bonchev–Trinajstić information content (AvgIpc) is 2.10. The molecule has 0 aliphatic rings. The van der Waals surface area contributed by atoms with Crippen molar-refractivity contribution in [3.8, 4) is 0 Å². The maximum atomic E-state index is 12.5. The molecule has 1 rings (SSSR count). The molecule has 0 aromatic heterocycles. The molecule has 0 fully saturated rings. The van der Waals surface area contributed by atoms with Gasteiger partial charge in [-0.15, -0.1) is 0 Å². The van der Waals surface area contributed by atoms with Crippen molar-refractivity contribution in [3.05, 3.63) is 41.7 Å². The molecule has 1 aromatic rings. The standard InChI is InChI=1S/C10H12FN/c1-3-10(12-2)8-4-6-9(11)7-5-8/h3-7,12H,1-2H3/b10-3+. The molecule has 0 amide bonds. The van der Waals surface area contributed by atoms with Crippen molar-refractivity contribution in [2.75, 3.05) is 7.05 Å². The minimum Gasteiger partial charge on any atom is -0.388 e. The van der Waals surface area contributed by atoms with E-state index in [1.807, 2.05) is 20.0 Å². The van der Waals surface area contributed by atoms with Gasteiger partial charge in [0.1, 0.15) is 5.82 Å². The highest BCUT2D eigenvalue weighted by molar-refractivity contribution is 5.63. The van der Waals surface area contributed by atoms with Gasteiger partial charge in [-0.05, 0) is 24.6 Å². The summed E-state index contributed by atoms with van der Waals surface area (Å²) in [6.07, 6.45) is 1.95. The lowest BCUT2D eigenvalue weighted by Crippen LogP contribution is -2.03. The molecule has 1 N–H and O–H groups in total. The number of benzene rings is 1. The SMILES string of the molecule is C/C=C(/NC)c1ccc(F)cc1. The van der Waals surface area contributed by atoms with Gasteiger partial charge in [0.2, 0.25) is 0 Å². The first-order chi connectivity index (χ1) is 5.77. The van der Waals surface area contributed by atoms with E-state index in [1.54, 1.807) is 12.1 Å². The zero-order valence-corrected chi connectivity index (χ0v) is 7.26. The Kier molecular flexibility index (Phi) is 2.86. The Morgan fingerprint density at radius 1 is 1.33 bits per heavy atom. The van der Waals surface area contributed by atoms with E-state index in [-0.39, 0.29) is 5.82 Å². The van der Waals surface area contributed by atoms with Crippen LogP contribution in [0.25, 0.3) is 5.70 Å². The third-order valence-electron chi connectivity index (χ3n) is 1.71. The Labute approximate surface area is 71.9 Å². The Morgan fingerprint density at radius 3 is 2.33 bits per heavy atom. The summed E-state index contributed by atoms with van der Waals surface area (Å²) in [6.45, 7) is 1.94. The molecule has 0 radical (unpaired) electrons. The van der Waals surface area contributed by atoms with Crippen LogP contribution < -0.4 is 5.32 Å². The molecule has 64 valence electrons. The van der Waals surface area contributed by atoms with Crippen LogP contribution in [0, 0.1) is 5.82 Å². The second-order valence-corrected chi connectivity index (χ2v) is 2.46. The van der Waals surface area contributed by atoms with Gasteiger partial charge < -0.3 is 5.32 Å². The fourth-order valence-electron chi connectivity index (χ4n) is 1.08. The van der Waals surface area contributed by atoms with Gasteiger partial charge in [0.05, 0.1) is 0 Å². The van der Waals surface area contributed by atoms with Crippen LogP contribution in [0.4, 0.5) is 4.39 Å². The third kappa shape index (κ3) is 1.84. The van der Waals surface area contributed by atoms with Gasteiger partial charge in [0, 0.05) is 12.7 Å². The summed E-state index contributed by atoms with van der Waals surface area (Å²) in [7, 11) is 1.85. The van der Waals surface area contributed by atoms with E-state index in [4.69, 9.17) is 0 Å². The quantitative estimate of drug-likeness (QED) is 0.709. The van der Waals surface area contributed by atoms with Crippen molar-refractivity contribution in [1.82, 2.24) is 5.32 Å².